The molecule has 0 N–H and O–H groups in total. The molecule has 0 aromatic heterocycles. The van der Waals surface area contributed by atoms with Crippen LogP contribution in [0.3, 0.4) is 0 Å². The minimum Gasteiger partial charge on any atom is -0.454 e. The zero-order valence-electron chi connectivity index (χ0n) is 16.9. The second-order valence-corrected chi connectivity index (χ2v) is 9.20. The Kier molecular flexibility index (Phi) is 9.19. The van der Waals surface area contributed by atoms with E-state index < -0.39 is 10.1 Å². The molecular formula is C22H32O5S. The first-order chi connectivity index (χ1) is 13.3. The van der Waals surface area contributed by atoms with Gasteiger partial charge in [0, 0.05) is 0 Å². The van der Waals surface area contributed by atoms with Gasteiger partial charge in [0.25, 0.3) is 10.1 Å². The summed E-state index contributed by atoms with van der Waals surface area (Å²) in [7, 11) is -3.41. The Hall–Kier alpha value is -1.66. The van der Waals surface area contributed by atoms with E-state index in [0.29, 0.717) is 17.9 Å². The van der Waals surface area contributed by atoms with Crippen LogP contribution in [0.4, 0.5) is 0 Å². The first-order valence-electron chi connectivity index (χ1n) is 10.2. The number of ether oxygens (including phenoxy) is 1. The van der Waals surface area contributed by atoms with Crippen LogP contribution in [-0.2, 0) is 19.0 Å². The molecule has 0 amide bonds. The molecule has 0 radical (unpaired) electrons. The van der Waals surface area contributed by atoms with E-state index in [4.69, 9.17) is 8.92 Å². The van der Waals surface area contributed by atoms with E-state index >= 15 is 0 Å². The second-order valence-electron chi connectivity index (χ2n) is 7.60. The third kappa shape index (κ3) is 8.57. The summed E-state index contributed by atoms with van der Waals surface area (Å²) in [5.41, 5.74) is 0.573. The molecule has 28 heavy (non-hydrogen) atoms. The van der Waals surface area contributed by atoms with Gasteiger partial charge in [0.05, 0.1) is 17.9 Å². The molecule has 2 atom stereocenters. The van der Waals surface area contributed by atoms with Crippen molar-refractivity contribution in [2.45, 2.75) is 70.5 Å². The van der Waals surface area contributed by atoms with Gasteiger partial charge >= 0.3 is 5.97 Å². The number of rotatable bonds is 10. The first kappa shape index (κ1) is 22.6. The van der Waals surface area contributed by atoms with E-state index in [1.165, 1.54) is 19.3 Å². The van der Waals surface area contributed by atoms with Crippen molar-refractivity contribution in [3.63, 3.8) is 0 Å². The van der Waals surface area contributed by atoms with E-state index in [1.807, 2.05) is 30.4 Å². The maximum Gasteiger partial charge on any atom is 0.338 e. The fourth-order valence-corrected chi connectivity index (χ4v) is 4.31. The summed E-state index contributed by atoms with van der Waals surface area (Å²) in [5.74, 6) is 0.0844. The van der Waals surface area contributed by atoms with Crippen molar-refractivity contribution in [3.8, 4) is 0 Å². The molecule has 1 fully saturated rings. The third-order valence-electron chi connectivity index (χ3n) is 5.01. The smallest absolute Gasteiger partial charge is 0.338 e. The SMILES string of the molecule is C[C@@H](CCC/C=C/[C@H](OC(=O)c1ccccc1)C1CCCCC1)OS(C)(=O)=O. The summed E-state index contributed by atoms with van der Waals surface area (Å²) in [5, 5.41) is 0. The summed E-state index contributed by atoms with van der Waals surface area (Å²) in [6.45, 7) is 1.76. The molecule has 5 nitrogen and oxygen atoms in total. The maximum atomic E-state index is 12.5. The highest BCUT2D eigenvalue weighted by Gasteiger charge is 2.25. The van der Waals surface area contributed by atoms with Crippen LogP contribution in [0.2, 0.25) is 0 Å². The molecule has 1 aliphatic carbocycles. The van der Waals surface area contributed by atoms with Gasteiger partial charge in [-0.1, -0.05) is 43.5 Å². The number of hydrogen-bond donors (Lipinski definition) is 0. The molecule has 156 valence electrons. The number of carbonyl (C=O) groups is 1. The van der Waals surface area contributed by atoms with Gasteiger partial charge < -0.3 is 4.74 Å². The molecule has 0 unspecified atom stereocenters. The van der Waals surface area contributed by atoms with E-state index in [0.717, 1.165) is 31.9 Å². The number of allylic oxidation sites excluding steroid dienone is 1. The van der Waals surface area contributed by atoms with Crippen molar-refractivity contribution in [2.24, 2.45) is 5.92 Å². The fraction of sp³-hybridized carbons (Fsp3) is 0.591. The molecule has 1 aromatic rings. The number of benzene rings is 1. The Balaban J connectivity index is 1.88. The lowest BCUT2D eigenvalue weighted by atomic mass is 9.85. The van der Waals surface area contributed by atoms with Crippen LogP contribution >= 0.6 is 0 Å². The third-order valence-corrected chi connectivity index (χ3v) is 5.69. The highest BCUT2D eigenvalue weighted by molar-refractivity contribution is 7.86. The predicted molar refractivity (Wildman–Crippen MR) is 111 cm³/mol. The Morgan fingerprint density at radius 1 is 1.18 bits per heavy atom. The van der Waals surface area contributed by atoms with Crippen LogP contribution in [0.25, 0.3) is 0 Å². The van der Waals surface area contributed by atoms with E-state index in [2.05, 4.69) is 0 Å². The largest absolute Gasteiger partial charge is 0.454 e. The molecule has 1 aromatic carbocycles. The summed E-state index contributed by atoms with van der Waals surface area (Å²) >= 11 is 0. The Morgan fingerprint density at radius 3 is 2.50 bits per heavy atom. The lowest BCUT2D eigenvalue weighted by molar-refractivity contribution is 0.0226. The first-order valence-corrected chi connectivity index (χ1v) is 12.0. The highest BCUT2D eigenvalue weighted by Crippen LogP contribution is 2.29. The molecular weight excluding hydrogens is 376 g/mol. The minimum absolute atomic E-state index is 0.210. The standard InChI is InChI=1S/C22H32O5S/c1-18(27-28(2,24)25)12-6-3-11-17-21(19-13-7-4-8-14-19)26-22(23)20-15-9-5-10-16-20/h5,9-11,15-19,21H,3-4,6-8,12-14H2,1-2H3/b17-11+/t18-,21-/m0/s1. The topological polar surface area (TPSA) is 69.7 Å². The highest BCUT2D eigenvalue weighted by atomic mass is 32.2. The summed E-state index contributed by atoms with van der Waals surface area (Å²) in [6, 6.07) is 9.09. The van der Waals surface area contributed by atoms with Gasteiger partial charge in [0.2, 0.25) is 0 Å². The number of hydrogen-bond acceptors (Lipinski definition) is 5. The van der Waals surface area contributed by atoms with Crippen molar-refractivity contribution in [1.82, 2.24) is 0 Å². The molecule has 1 aliphatic rings. The van der Waals surface area contributed by atoms with Gasteiger partial charge in [-0.2, -0.15) is 8.42 Å². The van der Waals surface area contributed by atoms with Crippen molar-refractivity contribution < 1.29 is 22.1 Å². The minimum atomic E-state index is -3.41. The van der Waals surface area contributed by atoms with E-state index in [-0.39, 0.29) is 18.2 Å². The van der Waals surface area contributed by atoms with Crippen molar-refractivity contribution >= 4 is 16.1 Å². The number of esters is 1. The van der Waals surface area contributed by atoms with Crippen LogP contribution in [0, 0.1) is 5.92 Å². The molecule has 0 spiro atoms. The molecule has 1 saturated carbocycles. The second kappa shape index (κ2) is 11.4. The summed E-state index contributed by atoms with van der Waals surface area (Å²) < 4.78 is 33.0. The molecule has 0 aliphatic heterocycles. The predicted octanol–water partition coefficient (Wildman–Crippen LogP) is 4.88. The molecule has 0 heterocycles. The van der Waals surface area contributed by atoms with Crippen LogP contribution in [0.1, 0.15) is 68.6 Å². The quantitative estimate of drug-likeness (QED) is 0.239. The van der Waals surface area contributed by atoms with Crippen LogP contribution in [0.15, 0.2) is 42.5 Å². The average molecular weight is 409 g/mol. The van der Waals surface area contributed by atoms with Crippen LogP contribution in [0.5, 0.6) is 0 Å². The van der Waals surface area contributed by atoms with Gasteiger partial charge in [-0.25, -0.2) is 4.79 Å². The van der Waals surface area contributed by atoms with Gasteiger partial charge in [0.15, 0.2) is 0 Å². The Bertz CT molecular complexity index is 721. The van der Waals surface area contributed by atoms with Gasteiger partial charge in [-0.05, 0) is 63.2 Å². The van der Waals surface area contributed by atoms with Gasteiger partial charge in [-0.3, -0.25) is 4.18 Å². The van der Waals surface area contributed by atoms with Crippen molar-refractivity contribution in [1.29, 1.82) is 0 Å². The van der Waals surface area contributed by atoms with Gasteiger partial charge in [-0.15, -0.1) is 0 Å². The van der Waals surface area contributed by atoms with Crippen molar-refractivity contribution in [2.75, 3.05) is 6.26 Å². The Morgan fingerprint density at radius 2 is 1.86 bits per heavy atom. The normalized spacial score (nSPS) is 18.1. The lowest BCUT2D eigenvalue weighted by Crippen LogP contribution is -2.27. The maximum absolute atomic E-state index is 12.5. The van der Waals surface area contributed by atoms with Crippen LogP contribution in [-0.4, -0.2) is 32.9 Å². The van der Waals surface area contributed by atoms with E-state index in [9.17, 15) is 13.2 Å². The van der Waals surface area contributed by atoms with Crippen LogP contribution < -0.4 is 0 Å². The molecule has 2 rings (SSSR count). The monoisotopic (exact) mass is 408 g/mol. The lowest BCUT2D eigenvalue weighted by Gasteiger charge is -2.28. The van der Waals surface area contributed by atoms with Gasteiger partial charge in [0.1, 0.15) is 6.10 Å². The molecule has 0 saturated heterocycles. The molecule has 0 bridgehead atoms. The molecule has 6 heteroatoms. The van der Waals surface area contributed by atoms with E-state index in [1.54, 1.807) is 19.1 Å². The number of carbonyl (C=O) groups excluding carboxylic acids is 1. The summed E-state index contributed by atoms with van der Waals surface area (Å²) in [6.07, 6.45) is 12.6. The zero-order valence-corrected chi connectivity index (χ0v) is 17.7. The Labute approximate surface area is 169 Å². The number of unbranched alkanes of at least 4 members (excludes halogenated alkanes) is 1. The summed E-state index contributed by atoms with van der Waals surface area (Å²) in [4.78, 5) is 12.5. The van der Waals surface area contributed by atoms with Crippen molar-refractivity contribution in [3.05, 3.63) is 48.0 Å². The average Bonchev–Trinajstić information content (AvgIpc) is 2.66. The zero-order chi connectivity index (χ0) is 20.4. The fourth-order valence-electron chi connectivity index (χ4n) is 3.62.